The van der Waals surface area contributed by atoms with Gasteiger partial charge >= 0.3 is 6.18 Å². The van der Waals surface area contributed by atoms with Gasteiger partial charge in [0.1, 0.15) is 0 Å². The molecule has 3 rings (SSSR count). The topological polar surface area (TPSA) is 69.8 Å². The Hall–Kier alpha value is -2.58. The summed E-state index contributed by atoms with van der Waals surface area (Å²) in [5.41, 5.74) is 2.00. The number of carbonyl (C=O) groups excluding carboxylic acids is 1. The first-order valence-corrected chi connectivity index (χ1v) is 8.44. The van der Waals surface area contributed by atoms with Gasteiger partial charge in [-0.1, -0.05) is 36.4 Å². The molecule has 0 aliphatic heterocycles. The van der Waals surface area contributed by atoms with Crippen molar-refractivity contribution < 1.29 is 18.0 Å². The molecule has 0 spiro atoms. The first-order chi connectivity index (χ1) is 12.9. The summed E-state index contributed by atoms with van der Waals surface area (Å²) in [5, 5.41) is 5.86. The van der Waals surface area contributed by atoms with E-state index in [4.69, 9.17) is 0 Å². The van der Waals surface area contributed by atoms with Crippen LogP contribution < -0.4 is 10.6 Å². The van der Waals surface area contributed by atoms with E-state index in [-0.39, 0.29) is 29.3 Å². The summed E-state index contributed by atoms with van der Waals surface area (Å²) < 4.78 is 38.7. The van der Waals surface area contributed by atoms with Gasteiger partial charge in [0.05, 0.1) is 17.1 Å². The predicted octanol–water partition coefficient (Wildman–Crippen LogP) is 3.82. The predicted molar refractivity (Wildman–Crippen MR) is 103 cm³/mol. The molecule has 1 amide bonds. The molecule has 2 aromatic carbocycles. The van der Waals surface area contributed by atoms with E-state index in [9.17, 15) is 18.0 Å². The number of fused-ring (bicyclic) bond motifs is 1. The molecule has 3 N–H and O–H groups in total. The molecule has 0 aliphatic rings. The fourth-order valence-corrected chi connectivity index (χ4v) is 2.82. The quantitative estimate of drug-likeness (QED) is 0.576. The number of hydrogen-bond donors (Lipinski definition) is 3. The standard InChI is InChI=1S/C19H19F3N4O.ClH/c1-23-10-9-16(27)26-17(12-5-3-2-4-6-12)13-7-8-14-15(11-13)25-18(24-14)19(20,21)22;/h2-8,11,17,23H,9-10H2,1H3,(H,24,25)(H,26,27);1H. The van der Waals surface area contributed by atoms with Gasteiger partial charge < -0.3 is 15.6 Å². The number of halogens is 4. The van der Waals surface area contributed by atoms with Crippen LogP contribution in [0.15, 0.2) is 48.5 Å². The van der Waals surface area contributed by atoms with Crippen molar-refractivity contribution in [1.29, 1.82) is 0 Å². The number of alkyl halides is 3. The van der Waals surface area contributed by atoms with E-state index in [1.807, 2.05) is 30.3 Å². The molecule has 0 fully saturated rings. The minimum atomic E-state index is -4.54. The van der Waals surface area contributed by atoms with E-state index in [1.165, 1.54) is 6.07 Å². The summed E-state index contributed by atoms with van der Waals surface area (Å²) in [6, 6.07) is 13.6. The maximum absolute atomic E-state index is 12.9. The Bertz CT molecular complexity index is 928. The maximum Gasteiger partial charge on any atom is 0.449 e. The van der Waals surface area contributed by atoms with Crippen LogP contribution in [0.1, 0.15) is 29.4 Å². The molecular formula is C19H20ClF3N4O. The molecule has 1 aromatic heterocycles. The number of rotatable bonds is 6. The van der Waals surface area contributed by atoms with Crippen molar-refractivity contribution in [3.63, 3.8) is 0 Å². The molecule has 0 saturated heterocycles. The van der Waals surface area contributed by atoms with Gasteiger partial charge in [-0.3, -0.25) is 4.79 Å². The fraction of sp³-hybridized carbons (Fsp3) is 0.263. The zero-order valence-corrected chi connectivity index (χ0v) is 15.8. The number of carbonyl (C=O) groups is 1. The minimum absolute atomic E-state index is 0. The number of nitrogens with one attached hydrogen (secondary N) is 3. The van der Waals surface area contributed by atoms with Crippen LogP contribution in [0.3, 0.4) is 0 Å². The van der Waals surface area contributed by atoms with Crippen LogP contribution in [0.5, 0.6) is 0 Å². The average molecular weight is 413 g/mol. The molecule has 0 bridgehead atoms. The van der Waals surface area contributed by atoms with Crippen LogP contribution in [0.2, 0.25) is 0 Å². The van der Waals surface area contributed by atoms with E-state index in [2.05, 4.69) is 20.6 Å². The Balaban J connectivity index is 0.00000280. The molecule has 150 valence electrons. The molecule has 9 heteroatoms. The molecule has 0 aliphatic carbocycles. The third-order valence-electron chi connectivity index (χ3n) is 4.15. The lowest BCUT2D eigenvalue weighted by Gasteiger charge is -2.20. The Kier molecular flexibility index (Phi) is 7.04. The van der Waals surface area contributed by atoms with Crippen LogP contribution in [0.4, 0.5) is 13.2 Å². The molecule has 1 atom stereocenters. The summed E-state index contributed by atoms with van der Waals surface area (Å²) >= 11 is 0. The summed E-state index contributed by atoms with van der Waals surface area (Å²) in [5.74, 6) is -1.19. The number of aromatic amines is 1. The summed E-state index contributed by atoms with van der Waals surface area (Å²) in [6.45, 7) is 0.530. The Labute approximate surface area is 166 Å². The van der Waals surface area contributed by atoms with Crippen LogP contribution in [0.25, 0.3) is 11.0 Å². The third-order valence-corrected chi connectivity index (χ3v) is 4.15. The smallest absolute Gasteiger partial charge is 0.345 e. The van der Waals surface area contributed by atoms with Gasteiger partial charge in [0.15, 0.2) is 0 Å². The van der Waals surface area contributed by atoms with E-state index >= 15 is 0 Å². The summed E-state index contributed by atoms with van der Waals surface area (Å²) in [6.07, 6.45) is -4.25. The first-order valence-electron chi connectivity index (χ1n) is 8.44. The Morgan fingerprint density at radius 1 is 1.14 bits per heavy atom. The average Bonchev–Trinajstić information content (AvgIpc) is 3.09. The molecule has 5 nitrogen and oxygen atoms in total. The highest BCUT2D eigenvalue weighted by Gasteiger charge is 2.34. The highest BCUT2D eigenvalue weighted by Crippen LogP contribution is 2.30. The summed E-state index contributed by atoms with van der Waals surface area (Å²) in [4.78, 5) is 18.1. The van der Waals surface area contributed by atoms with Gasteiger partial charge in [-0.15, -0.1) is 12.4 Å². The minimum Gasteiger partial charge on any atom is -0.345 e. The molecule has 1 unspecified atom stereocenters. The number of amides is 1. The van der Waals surface area contributed by atoms with Crippen molar-refractivity contribution in [3.05, 3.63) is 65.5 Å². The third kappa shape index (κ3) is 5.02. The van der Waals surface area contributed by atoms with Crippen LogP contribution in [-0.4, -0.2) is 29.5 Å². The van der Waals surface area contributed by atoms with Gasteiger partial charge in [-0.2, -0.15) is 13.2 Å². The van der Waals surface area contributed by atoms with E-state index in [0.29, 0.717) is 18.5 Å². The highest BCUT2D eigenvalue weighted by atomic mass is 35.5. The lowest BCUT2D eigenvalue weighted by atomic mass is 9.98. The molecule has 28 heavy (non-hydrogen) atoms. The lowest BCUT2D eigenvalue weighted by Crippen LogP contribution is -2.31. The number of hydrogen-bond acceptors (Lipinski definition) is 3. The second-order valence-electron chi connectivity index (χ2n) is 6.12. The van der Waals surface area contributed by atoms with E-state index in [0.717, 1.165) is 5.56 Å². The van der Waals surface area contributed by atoms with Crippen molar-refractivity contribution in [2.45, 2.75) is 18.6 Å². The lowest BCUT2D eigenvalue weighted by molar-refractivity contribution is -0.144. The van der Waals surface area contributed by atoms with Gasteiger partial charge in [-0.25, -0.2) is 4.98 Å². The normalized spacial score (nSPS) is 12.4. The van der Waals surface area contributed by atoms with E-state index < -0.39 is 18.0 Å². The molecule has 1 heterocycles. The number of imidazole rings is 1. The largest absolute Gasteiger partial charge is 0.449 e. The fourth-order valence-electron chi connectivity index (χ4n) is 2.82. The molecule has 0 radical (unpaired) electrons. The second kappa shape index (κ2) is 9.07. The van der Waals surface area contributed by atoms with E-state index in [1.54, 1.807) is 19.2 Å². The van der Waals surface area contributed by atoms with Gasteiger partial charge in [0.25, 0.3) is 0 Å². The number of benzene rings is 2. The molecular weight excluding hydrogens is 393 g/mol. The van der Waals surface area contributed by atoms with Crippen LogP contribution >= 0.6 is 12.4 Å². The number of aromatic nitrogens is 2. The van der Waals surface area contributed by atoms with Crippen molar-refractivity contribution in [3.8, 4) is 0 Å². The number of nitrogens with zero attached hydrogens (tertiary/aromatic N) is 1. The molecule has 0 saturated carbocycles. The van der Waals surface area contributed by atoms with Crippen molar-refractivity contribution in [2.24, 2.45) is 0 Å². The second-order valence-corrected chi connectivity index (χ2v) is 6.12. The van der Waals surface area contributed by atoms with Gasteiger partial charge in [0, 0.05) is 13.0 Å². The Morgan fingerprint density at radius 3 is 2.50 bits per heavy atom. The van der Waals surface area contributed by atoms with Crippen LogP contribution in [-0.2, 0) is 11.0 Å². The summed E-state index contributed by atoms with van der Waals surface area (Å²) in [7, 11) is 1.76. The van der Waals surface area contributed by atoms with Gasteiger partial charge in [-0.05, 0) is 30.3 Å². The first kappa shape index (κ1) is 21.7. The van der Waals surface area contributed by atoms with Gasteiger partial charge in [0.2, 0.25) is 11.7 Å². The monoisotopic (exact) mass is 412 g/mol. The molecule has 3 aromatic rings. The van der Waals surface area contributed by atoms with Crippen molar-refractivity contribution >= 4 is 29.3 Å². The highest BCUT2D eigenvalue weighted by molar-refractivity contribution is 5.85. The maximum atomic E-state index is 12.9. The Morgan fingerprint density at radius 2 is 1.86 bits per heavy atom. The van der Waals surface area contributed by atoms with Crippen molar-refractivity contribution in [1.82, 2.24) is 20.6 Å². The number of H-pyrrole nitrogens is 1. The zero-order valence-electron chi connectivity index (χ0n) is 15.0. The SMILES string of the molecule is CNCCC(=O)NC(c1ccccc1)c1ccc2nc(C(F)(F)F)[nH]c2c1.Cl. The van der Waals surface area contributed by atoms with Crippen LogP contribution in [0, 0.1) is 0 Å². The zero-order chi connectivity index (χ0) is 19.4. The van der Waals surface area contributed by atoms with Crippen molar-refractivity contribution in [2.75, 3.05) is 13.6 Å².